The van der Waals surface area contributed by atoms with Gasteiger partial charge in [0, 0.05) is 11.8 Å². The molecule has 1 aromatic carbocycles. The first-order valence-electron chi connectivity index (χ1n) is 7.71. The van der Waals surface area contributed by atoms with E-state index < -0.39 is 0 Å². The number of hydrogen-bond acceptors (Lipinski definition) is 4. The number of benzene rings is 1. The van der Waals surface area contributed by atoms with Crippen LogP contribution in [0.2, 0.25) is 0 Å². The molecule has 0 aliphatic rings. The number of rotatable bonds is 7. The predicted octanol–water partition coefficient (Wildman–Crippen LogP) is 3.64. The predicted molar refractivity (Wildman–Crippen MR) is 89.0 cm³/mol. The molecule has 2 aromatic rings. The summed E-state index contributed by atoms with van der Waals surface area (Å²) in [5, 5.41) is 3.14. The van der Waals surface area contributed by atoms with Crippen LogP contribution in [0, 0.1) is 0 Å². The number of anilines is 2. The van der Waals surface area contributed by atoms with Gasteiger partial charge in [0.2, 0.25) is 5.95 Å². The Labute approximate surface area is 130 Å². The third-order valence-electron chi connectivity index (χ3n) is 3.08. The van der Waals surface area contributed by atoms with Crippen molar-refractivity contribution in [3.05, 3.63) is 46.4 Å². The molecular weight excluding hydrogens is 278 g/mol. The molecule has 0 atom stereocenters. The zero-order valence-corrected chi connectivity index (χ0v) is 13.3. The molecule has 0 saturated carbocycles. The van der Waals surface area contributed by atoms with E-state index in [-0.39, 0.29) is 11.7 Å². The van der Waals surface area contributed by atoms with E-state index in [0.29, 0.717) is 5.95 Å². The summed E-state index contributed by atoms with van der Waals surface area (Å²) in [6, 6.07) is 9.17. The molecule has 1 aromatic heterocycles. The normalized spacial score (nSPS) is 10.7. The maximum atomic E-state index is 11.8. The number of aromatic amines is 1. The van der Waals surface area contributed by atoms with Gasteiger partial charge in [-0.25, -0.2) is 4.98 Å². The fraction of sp³-hybridized carbons (Fsp3) is 0.412. The second-order valence-electron chi connectivity index (χ2n) is 5.48. The Hall–Kier alpha value is -2.30. The fourth-order valence-electron chi connectivity index (χ4n) is 2.11. The monoisotopic (exact) mass is 301 g/mol. The number of H-pyrrole nitrogens is 1. The molecule has 0 radical (unpaired) electrons. The Bertz CT molecular complexity index is 665. The molecule has 0 unspecified atom stereocenters. The van der Waals surface area contributed by atoms with E-state index in [2.05, 4.69) is 22.2 Å². The molecular formula is C17H23N3O2. The van der Waals surface area contributed by atoms with E-state index in [1.165, 1.54) is 0 Å². The molecule has 0 bridgehead atoms. The van der Waals surface area contributed by atoms with Gasteiger partial charge in [-0.1, -0.05) is 25.5 Å². The first-order valence-corrected chi connectivity index (χ1v) is 7.71. The Balaban J connectivity index is 2.23. The number of nitrogens with zero attached hydrogens (tertiary/aromatic N) is 1. The van der Waals surface area contributed by atoms with E-state index >= 15 is 0 Å². The minimum absolute atomic E-state index is 0.0749. The van der Waals surface area contributed by atoms with Gasteiger partial charge in [-0.3, -0.25) is 9.78 Å². The van der Waals surface area contributed by atoms with Crippen LogP contribution in [0.25, 0.3) is 0 Å². The van der Waals surface area contributed by atoms with Crippen molar-refractivity contribution in [2.45, 2.75) is 46.1 Å². The molecule has 22 heavy (non-hydrogen) atoms. The zero-order chi connectivity index (χ0) is 15.9. The lowest BCUT2D eigenvalue weighted by atomic mass is 10.2. The molecule has 0 aliphatic carbocycles. The largest absolute Gasteiger partial charge is 0.489 e. The van der Waals surface area contributed by atoms with E-state index in [4.69, 9.17) is 4.74 Å². The van der Waals surface area contributed by atoms with Gasteiger partial charge in [0.15, 0.2) is 0 Å². The van der Waals surface area contributed by atoms with Crippen molar-refractivity contribution in [1.29, 1.82) is 0 Å². The molecule has 0 spiro atoms. The number of aromatic nitrogens is 2. The summed E-state index contributed by atoms with van der Waals surface area (Å²) in [6.45, 7) is 6.07. The van der Waals surface area contributed by atoms with Crippen molar-refractivity contribution in [3.63, 3.8) is 0 Å². The highest BCUT2D eigenvalue weighted by atomic mass is 16.5. The van der Waals surface area contributed by atoms with Crippen molar-refractivity contribution in [2.75, 3.05) is 5.32 Å². The van der Waals surface area contributed by atoms with Crippen molar-refractivity contribution in [2.24, 2.45) is 0 Å². The first kappa shape index (κ1) is 16.1. The quantitative estimate of drug-likeness (QED) is 0.819. The standard InChI is InChI=1S/C17H23N3O2/c1-4-5-8-13-11-16(21)20-17(18-13)19-14-9-6-7-10-15(14)22-12(2)3/h6-7,9-12H,4-5,8H2,1-3H3,(H2,18,19,20,21). The van der Waals surface area contributed by atoms with Crippen LogP contribution in [0.4, 0.5) is 11.6 Å². The Morgan fingerprint density at radius 2 is 2.09 bits per heavy atom. The van der Waals surface area contributed by atoms with Crippen molar-refractivity contribution < 1.29 is 4.74 Å². The van der Waals surface area contributed by atoms with Crippen molar-refractivity contribution in [1.82, 2.24) is 9.97 Å². The van der Waals surface area contributed by atoms with Gasteiger partial charge in [0.25, 0.3) is 5.56 Å². The maximum Gasteiger partial charge on any atom is 0.252 e. The summed E-state index contributed by atoms with van der Waals surface area (Å²) in [7, 11) is 0. The van der Waals surface area contributed by atoms with Gasteiger partial charge in [0.05, 0.1) is 11.8 Å². The van der Waals surface area contributed by atoms with Crippen molar-refractivity contribution >= 4 is 11.6 Å². The smallest absolute Gasteiger partial charge is 0.252 e. The van der Waals surface area contributed by atoms with Gasteiger partial charge < -0.3 is 10.1 Å². The van der Waals surface area contributed by atoms with Gasteiger partial charge in [0.1, 0.15) is 5.75 Å². The average molecular weight is 301 g/mol. The fourth-order valence-corrected chi connectivity index (χ4v) is 2.11. The summed E-state index contributed by atoms with van der Waals surface area (Å²) in [5.41, 5.74) is 1.44. The molecule has 0 fully saturated rings. The number of nitrogens with one attached hydrogen (secondary N) is 2. The van der Waals surface area contributed by atoms with E-state index in [0.717, 1.165) is 36.4 Å². The SMILES string of the molecule is CCCCc1cc(=O)[nH]c(Nc2ccccc2OC(C)C)n1. The first-order chi connectivity index (χ1) is 10.6. The zero-order valence-electron chi connectivity index (χ0n) is 13.3. The lowest BCUT2D eigenvalue weighted by molar-refractivity contribution is 0.244. The molecule has 2 rings (SSSR count). The lowest BCUT2D eigenvalue weighted by Gasteiger charge is -2.15. The summed E-state index contributed by atoms with van der Waals surface area (Å²) >= 11 is 0. The Morgan fingerprint density at radius 1 is 1.32 bits per heavy atom. The summed E-state index contributed by atoms with van der Waals surface area (Å²) in [4.78, 5) is 18.9. The maximum absolute atomic E-state index is 11.8. The molecule has 2 N–H and O–H groups in total. The number of aryl methyl sites for hydroxylation is 1. The molecule has 5 nitrogen and oxygen atoms in total. The highest BCUT2D eigenvalue weighted by Crippen LogP contribution is 2.26. The summed E-state index contributed by atoms with van der Waals surface area (Å²) < 4.78 is 5.76. The third kappa shape index (κ3) is 4.62. The molecule has 1 heterocycles. The van der Waals surface area contributed by atoms with E-state index in [1.807, 2.05) is 38.1 Å². The van der Waals surface area contributed by atoms with Gasteiger partial charge in [-0.15, -0.1) is 0 Å². The van der Waals surface area contributed by atoms with Crippen LogP contribution in [0.15, 0.2) is 35.1 Å². The number of unbranched alkanes of at least 4 members (excludes halogenated alkanes) is 1. The van der Waals surface area contributed by atoms with Crippen LogP contribution in [0.3, 0.4) is 0 Å². The van der Waals surface area contributed by atoms with Crippen molar-refractivity contribution in [3.8, 4) is 5.75 Å². The minimum Gasteiger partial charge on any atom is -0.489 e. The molecule has 5 heteroatoms. The number of ether oxygens (including phenoxy) is 1. The second-order valence-corrected chi connectivity index (χ2v) is 5.48. The molecule has 0 aliphatic heterocycles. The van der Waals surface area contributed by atoms with Crippen LogP contribution in [0.1, 0.15) is 39.3 Å². The van der Waals surface area contributed by atoms with Gasteiger partial charge >= 0.3 is 0 Å². The number of para-hydroxylation sites is 2. The topological polar surface area (TPSA) is 67.0 Å². The Morgan fingerprint density at radius 3 is 2.82 bits per heavy atom. The summed E-state index contributed by atoms with van der Waals surface area (Å²) in [5.74, 6) is 1.18. The third-order valence-corrected chi connectivity index (χ3v) is 3.08. The van der Waals surface area contributed by atoms with Gasteiger partial charge in [-0.05, 0) is 38.8 Å². The van der Waals surface area contributed by atoms with Crippen LogP contribution >= 0.6 is 0 Å². The highest BCUT2D eigenvalue weighted by Gasteiger charge is 2.07. The van der Waals surface area contributed by atoms with Crippen LogP contribution < -0.4 is 15.6 Å². The number of hydrogen-bond donors (Lipinski definition) is 2. The Kier molecular flexibility index (Phi) is 5.58. The molecule has 0 saturated heterocycles. The molecule has 118 valence electrons. The minimum atomic E-state index is -0.147. The average Bonchev–Trinajstić information content (AvgIpc) is 2.46. The van der Waals surface area contributed by atoms with E-state index in [9.17, 15) is 4.79 Å². The summed E-state index contributed by atoms with van der Waals surface area (Å²) in [6.07, 6.45) is 2.97. The van der Waals surface area contributed by atoms with E-state index in [1.54, 1.807) is 6.07 Å². The lowest BCUT2D eigenvalue weighted by Crippen LogP contribution is -2.13. The second kappa shape index (κ2) is 7.64. The van der Waals surface area contributed by atoms with Gasteiger partial charge in [-0.2, -0.15) is 0 Å². The van der Waals surface area contributed by atoms with Crippen LogP contribution in [-0.4, -0.2) is 16.1 Å². The van der Waals surface area contributed by atoms with Crippen LogP contribution in [-0.2, 0) is 6.42 Å². The highest BCUT2D eigenvalue weighted by molar-refractivity contribution is 5.62. The van der Waals surface area contributed by atoms with Crippen LogP contribution in [0.5, 0.6) is 5.75 Å². The molecule has 0 amide bonds.